The number of halogens is 3. The van der Waals surface area contributed by atoms with Crippen LogP contribution in [0, 0.1) is 0 Å². The van der Waals surface area contributed by atoms with Gasteiger partial charge in [0.15, 0.2) is 5.69 Å². The predicted octanol–water partition coefficient (Wildman–Crippen LogP) is 0.293. The van der Waals surface area contributed by atoms with Gasteiger partial charge in [-0.2, -0.15) is 13.2 Å². The molecule has 0 unspecified atom stereocenters. The molecule has 0 amide bonds. The summed E-state index contributed by atoms with van der Waals surface area (Å²) in [6.45, 7) is -0.261. The fraction of sp³-hybridized carbons (Fsp3) is 0.600. The highest BCUT2D eigenvalue weighted by atomic mass is 19.4. The van der Waals surface area contributed by atoms with E-state index in [2.05, 4.69) is 10.3 Å². The molecular formula is C5H7F3N4. The lowest BCUT2D eigenvalue weighted by atomic mass is 10.3. The number of hydrogen-bond acceptors (Lipinski definition) is 3. The van der Waals surface area contributed by atoms with Crippen LogP contribution >= 0.6 is 0 Å². The molecule has 0 radical (unpaired) electrons. The van der Waals surface area contributed by atoms with Gasteiger partial charge >= 0.3 is 6.18 Å². The molecule has 0 aliphatic heterocycles. The second-order valence-electron chi connectivity index (χ2n) is 2.21. The summed E-state index contributed by atoms with van der Waals surface area (Å²) in [6, 6.07) is 0. The van der Waals surface area contributed by atoms with E-state index in [0.29, 0.717) is 4.68 Å². The molecule has 0 fully saturated rings. The van der Waals surface area contributed by atoms with Gasteiger partial charge in [0.25, 0.3) is 0 Å². The molecule has 0 aliphatic rings. The Morgan fingerprint density at radius 2 is 2.08 bits per heavy atom. The lowest BCUT2D eigenvalue weighted by Gasteiger charge is -2.06. The number of nitrogens with zero attached hydrogens (tertiary/aromatic N) is 3. The maximum Gasteiger partial charge on any atom is 0.434 e. The summed E-state index contributed by atoms with van der Waals surface area (Å²) in [5.41, 5.74) is 3.93. The second-order valence-corrected chi connectivity index (χ2v) is 2.21. The monoisotopic (exact) mass is 180 g/mol. The van der Waals surface area contributed by atoms with E-state index in [9.17, 15) is 13.2 Å². The second kappa shape index (κ2) is 2.74. The Bertz CT molecular complexity index is 277. The Balaban J connectivity index is 3.19. The molecule has 0 bridgehead atoms. The average Bonchev–Trinajstić information content (AvgIpc) is 2.29. The summed E-state index contributed by atoms with van der Waals surface area (Å²) in [6.07, 6.45) is -4.44. The van der Waals surface area contributed by atoms with Crippen LogP contribution in [0.15, 0.2) is 0 Å². The molecule has 0 atom stereocenters. The van der Waals surface area contributed by atoms with Gasteiger partial charge in [0.2, 0.25) is 0 Å². The summed E-state index contributed by atoms with van der Waals surface area (Å²) in [4.78, 5) is 0. The fourth-order valence-corrected chi connectivity index (χ4v) is 0.884. The largest absolute Gasteiger partial charge is 0.434 e. The zero-order valence-corrected chi connectivity index (χ0v) is 6.26. The maximum atomic E-state index is 12.2. The quantitative estimate of drug-likeness (QED) is 0.675. The van der Waals surface area contributed by atoms with E-state index in [-0.39, 0.29) is 12.2 Å². The molecule has 1 heterocycles. The molecule has 7 heteroatoms. The van der Waals surface area contributed by atoms with Gasteiger partial charge < -0.3 is 5.73 Å². The van der Waals surface area contributed by atoms with E-state index in [1.807, 2.05) is 0 Å². The van der Waals surface area contributed by atoms with Gasteiger partial charge in [0, 0.05) is 13.6 Å². The number of rotatable bonds is 1. The molecule has 12 heavy (non-hydrogen) atoms. The Kier molecular flexibility index (Phi) is 2.05. The van der Waals surface area contributed by atoms with Crippen LogP contribution in [0.2, 0.25) is 0 Å². The van der Waals surface area contributed by atoms with Crippen molar-refractivity contribution in [2.45, 2.75) is 12.7 Å². The molecule has 1 rings (SSSR count). The molecular weight excluding hydrogens is 173 g/mol. The summed E-state index contributed by atoms with van der Waals surface area (Å²) < 4.78 is 37.2. The third-order valence-electron chi connectivity index (χ3n) is 1.36. The van der Waals surface area contributed by atoms with Gasteiger partial charge in [0.05, 0.1) is 0 Å². The number of nitrogens with two attached hydrogens (primary N) is 1. The minimum absolute atomic E-state index is 0.231. The smallest absolute Gasteiger partial charge is 0.325 e. The van der Waals surface area contributed by atoms with Crippen molar-refractivity contribution in [2.75, 3.05) is 0 Å². The topological polar surface area (TPSA) is 56.7 Å². The third kappa shape index (κ3) is 1.40. The average molecular weight is 180 g/mol. The van der Waals surface area contributed by atoms with Gasteiger partial charge in [-0.1, -0.05) is 5.21 Å². The number of aryl methyl sites for hydroxylation is 1. The molecule has 1 aromatic heterocycles. The first kappa shape index (κ1) is 8.98. The van der Waals surface area contributed by atoms with E-state index in [1.54, 1.807) is 0 Å². The van der Waals surface area contributed by atoms with Gasteiger partial charge in [-0.3, -0.25) is 0 Å². The Morgan fingerprint density at radius 3 is 2.42 bits per heavy atom. The highest BCUT2D eigenvalue weighted by Crippen LogP contribution is 2.30. The van der Waals surface area contributed by atoms with E-state index < -0.39 is 11.9 Å². The first-order valence-corrected chi connectivity index (χ1v) is 3.12. The van der Waals surface area contributed by atoms with Crippen LogP contribution in [-0.4, -0.2) is 15.0 Å². The van der Waals surface area contributed by atoms with Crippen LogP contribution in [0.3, 0.4) is 0 Å². The third-order valence-corrected chi connectivity index (χ3v) is 1.36. The highest BCUT2D eigenvalue weighted by molar-refractivity contribution is 5.12. The number of alkyl halides is 3. The summed E-state index contributed by atoms with van der Waals surface area (Å²) in [5.74, 6) is 0. The summed E-state index contributed by atoms with van der Waals surface area (Å²) >= 11 is 0. The van der Waals surface area contributed by atoms with Crippen LogP contribution in [0.4, 0.5) is 13.2 Å². The van der Waals surface area contributed by atoms with Crippen molar-refractivity contribution in [2.24, 2.45) is 12.8 Å². The van der Waals surface area contributed by atoms with E-state index in [1.165, 1.54) is 7.05 Å². The minimum atomic E-state index is -4.44. The highest BCUT2D eigenvalue weighted by Gasteiger charge is 2.37. The first-order valence-electron chi connectivity index (χ1n) is 3.12. The Morgan fingerprint density at radius 1 is 1.50 bits per heavy atom. The molecule has 68 valence electrons. The molecule has 0 spiro atoms. The fourth-order valence-electron chi connectivity index (χ4n) is 0.884. The van der Waals surface area contributed by atoms with Crippen molar-refractivity contribution >= 4 is 0 Å². The van der Waals surface area contributed by atoms with Crippen molar-refractivity contribution in [1.82, 2.24) is 15.0 Å². The zero-order chi connectivity index (χ0) is 9.35. The van der Waals surface area contributed by atoms with E-state index in [4.69, 9.17) is 5.73 Å². The summed E-state index contributed by atoms with van der Waals surface area (Å²) in [5, 5.41) is 6.49. The molecule has 0 aliphatic carbocycles. The van der Waals surface area contributed by atoms with Crippen molar-refractivity contribution in [3.63, 3.8) is 0 Å². The minimum Gasteiger partial charge on any atom is -0.325 e. The molecule has 2 N–H and O–H groups in total. The maximum absolute atomic E-state index is 12.2. The lowest BCUT2D eigenvalue weighted by molar-refractivity contribution is -0.144. The summed E-state index contributed by atoms with van der Waals surface area (Å²) in [7, 11) is 1.18. The van der Waals surface area contributed by atoms with Crippen LogP contribution in [-0.2, 0) is 19.8 Å². The van der Waals surface area contributed by atoms with Gasteiger partial charge in [-0.05, 0) is 0 Å². The normalized spacial score (nSPS) is 12.1. The molecule has 0 aromatic carbocycles. The van der Waals surface area contributed by atoms with E-state index in [0.717, 1.165) is 0 Å². The van der Waals surface area contributed by atoms with Gasteiger partial charge in [-0.25, -0.2) is 4.68 Å². The van der Waals surface area contributed by atoms with Crippen molar-refractivity contribution < 1.29 is 13.2 Å². The van der Waals surface area contributed by atoms with E-state index >= 15 is 0 Å². The Hall–Kier alpha value is -1.11. The van der Waals surface area contributed by atoms with Crippen LogP contribution in [0.25, 0.3) is 0 Å². The molecule has 0 saturated heterocycles. The van der Waals surface area contributed by atoms with Gasteiger partial charge in [-0.15, -0.1) is 5.10 Å². The SMILES string of the molecule is Cn1nnc(CN)c1C(F)(F)F. The number of aromatic nitrogens is 3. The molecule has 0 saturated carbocycles. The lowest BCUT2D eigenvalue weighted by Crippen LogP contribution is -2.15. The molecule has 4 nitrogen and oxygen atoms in total. The van der Waals surface area contributed by atoms with Crippen LogP contribution in [0.5, 0.6) is 0 Å². The van der Waals surface area contributed by atoms with Crippen LogP contribution in [0.1, 0.15) is 11.4 Å². The van der Waals surface area contributed by atoms with Crippen LogP contribution < -0.4 is 5.73 Å². The van der Waals surface area contributed by atoms with Crippen molar-refractivity contribution in [3.05, 3.63) is 11.4 Å². The standard InChI is InChI=1S/C5H7F3N4/c1-12-4(5(6,7)8)3(2-9)10-11-12/h2,9H2,1H3. The molecule has 1 aromatic rings. The Labute approximate surface area is 66.2 Å². The predicted molar refractivity (Wildman–Crippen MR) is 33.9 cm³/mol. The van der Waals surface area contributed by atoms with Crippen molar-refractivity contribution in [3.8, 4) is 0 Å². The number of hydrogen-bond donors (Lipinski definition) is 1. The zero-order valence-electron chi connectivity index (χ0n) is 6.26. The van der Waals surface area contributed by atoms with Crippen molar-refractivity contribution in [1.29, 1.82) is 0 Å². The van der Waals surface area contributed by atoms with Gasteiger partial charge in [0.1, 0.15) is 5.69 Å². The first-order chi connectivity index (χ1) is 5.46.